The minimum Gasteiger partial charge on any atom is -0.389 e. The summed E-state index contributed by atoms with van der Waals surface area (Å²) in [5, 5.41) is 10.6. The fourth-order valence-electron chi connectivity index (χ4n) is 2.63. The lowest BCUT2D eigenvalue weighted by molar-refractivity contribution is -0.00201. The van der Waals surface area contributed by atoms with Crippen LogP contribution in [0.4, 0.5) is 0 Å². The van der Waals surface area contributed by atoms with Crippen LogP contribution in [0, 0.1) is 0 Å². The number of aromatic nitrogens is 1. The van der Waals surface area contributed by atoms with E-state index in [1.54, 1.807) is 24.4 Å². The van der Waals surface area contributed by atoms with E-state index in [1.165, 1.54) is 4.31 Å². The zero-order valence-electron chi connectivity index (χ0n) is 12.4. The summed E-state index contributed by atoms with van der Waals surface area (Å²) >= 11 is 5.95. The number of nitrogens with zero attached hydrogens (tertiary/aromatic N) is 2. The summed E-state index contributed by atoms with van der Waals surface area (Å²) < 4.78 is 26.3. The molecule has 0 radical (unpaired) electrons. The van der Waals surface area contributed by atoms with Gasteiger partial charge in [0.1, 0.15) is 5.15 Å². The smallest absolute Gasteiger partial charge is 0.214 e. The van der Waals surface area contributed by atoms with Crippen molar-refractivity contribution in [2.24, 2.45) is 0 Å². The lowest BCUT2D eigenvalue weighted by atomic mass is 9.89. The van der Waals surface area contributed by atoms with Gasteiger partial charge in [0.2, 0.25) is 10.0 Å². The van der Waals surface area contributed by atoms with Crippen molar-refractivity contribution in [1.29, 1.82) is 0 Å². The van der Waals surface area contributed by atoms with Gasteiger partial charge in [-0.25, -0.2) is 17.7 Å². The SMILES string of the molecule is C=CCC1(O)CCN(S(=O)(=O)CCc2cccnc2Cl)CC1. The van der Waals surface area contributed by atoms with Crippen LogP contribution in [0.3, 0.4) is 0 Å². The molecule has 0 spiro atoms. The van der Waals surface area contributed by atoms with Gasteiger partial charge in [0.15, 0.2) is 0 Å². The number of pyridine rings is 1. The Hall–Kier alpha value is -0.950. The maximum absolute atomic E-state index is 12.4. The number of hydrogen-bond donors (Lipinski definition) is 1. The van der Waals surface area contributed by atoms with Gasteiger partial charge in [0.25, 0.3) is 0 Å². The van der Waals surface area contributed by atoms with E-state index in [2.05, 4.69) is 11.6 Å². The maximum Gasteiger partial charge on any atom is 0.214 e. The first-order valence-corrected chi connectivity index (χ1v) is 9.25. The van der Waals surface area contributed by atoms with Gasteiger partial charge in [0, 0.05) is 19.3 Å². The average molecular weight is 345 g/mol. The second kappa shape index (κ2) is 7.08. The zero-order chi connectivity index (χ0) is 16.2. The highest BCUT2D eigenvalue weighted by Crippen LogP contribution is 2.27. The Morgan fingerprint density at radius 2 is 2.14 bits per heavy atom. The minimum atomic E-state index is -3.35. The Morgan fingerprint density at radius 1 is 1.45 bits per heavy atom. The van der Waals surface area contributed by atoms with Crippen LogP contribution < -0.4 is 0 Å². The number of aryl methyl sites for hydroxylation is 1. The molecule has 1 aliphatic rings. The van der Waals surface area contributed by atoms with Gasteiger partial charge >= 0.3 is 0 Å². The molecule has 0 amide bonds. The third-order valence-electron chi connectivity index (χ3n) is 4.04. The Bertz CT molecular complexity index is 625. The predicted molar refractivity (Wildman–Crippen MR) is 87.3 cm³/mol. The van der Waals surface area contributed by atoms with E-state index in [4.69, 9.17) is 11.6 Å². The standard InChI is InChI=1S/C15H21ClN2O3S/c1-2-6-15(19)7-10-18(11-8-15)22(20,21)12-5-13-4-3-9-17-14(13)16/h2-4,9,19H,1,5-8,10-12H2. The highest BCUT2D eigenvalue weighted by molar-refractivity contribution is 7.89. The number of piperidine rings is 1. The largest absolute Gasteiger partial charge is 0.389 e. The molecule has 22 heavy (non-hydrogen) atoms. The van der Waals surface area contributed by atoms with Gasteiger partial charge in [0.05, 0.1) is 11.4 Å². The normalized spacial score (nSPS) is 19.0. The van der Waals surface area contributed by atoms with E-state index in [1.807, 2.05) is 0 Å². The first kappa shape index (κ1) is 17.4. The molecule has 1 saturated heterocycles. The number of aliphatic hydroxyl groups is 1. The summed E-state index contributed by atoms with van der Waals surface area (Å²) in [6, 6.07) is 3.52. The first-order chi connectivity index (χ1) is 10.4. The van der Waals surface area contributed by atoms with Crippen molar-refractivity contribution in [3.63, 3.8) is 0 Å². The summed E-state index contributed by atoms with van der Waals surface area (Å²) in [7, 11) is -3.35. The van der Waals surface area contributed by atoms with Crippen LogP contribution in [-0.4, -0.2) is 47.3 Å². The molecule has 0 atom stereocenters. The molecule has 0 aromatic carbocycles. The van der Waals surface area contributed by atoms with Gasteiger partial charge in [-0.05, 0) is 37.3 Å². The zero-order valence-corrected chi connectivity index (χ0v) is 14.0. The van der Waals surface area contributed by atoms with Crippen molar-refractivity contribution in [2.75, 3.05) is 18.8 Å². The van der Waals surface area contributed by atoms with Gasteiger partial charge < -0.3 is 5.11 Å². The topological polar surface area (TPSA) is 70.5 Å². The molecule has 1 fully saturated rings. The summed E-state index contributed by atoms with van der Waals surface area (Å²) in [6.07, 6.45) is 4.95. The molecule has 0 saturated carbocycles. The molecule has 5 nitrogen and oxygen atoms in total. The lowest BCUT2D eigenvalue weighted by Gasteiger charge is -2.37. The summed E-state index contributed by atoms with van der Waals surface area (Å²) in [5.74, 6) is -0.00169. The van der Waals surface area contributed by atoms with Crippen LogP contribution in [0.25, 0.3) is 0 Å². The first-order valence-electron chi connectivity index (χ1n) is 7.27. The number of sulfonamides is 1. The molecular formula is C15H21ClN2O3S. The van der Waals surface area contributed by atoms with Gasteiger partial charge in [-0.15, -0.1) is 6.58 Å². The highest BCUT2D eigenvalue weighted by Gasteiger charge is 2.35. The van der Waals surface area contributed by atoms with Crippen LogP contribution in [-0.2, 0) is 16.4 Å². The van der Waals surface area contributed by atoms with Crippen molar-refractivity contribution in [3.8, 4) is 0 Å². The van der Waals surface area contributed by atoms with E-state index < -0.39 is 15.6 Å². The minimum absolute atomic E-state index is 0.00169. The third kappa shape index (κ3) is 4.29. The fourth-order valence-corrected chi connectivity index (χ4v) is 4.32. The molecule has 1 aliphatic heterocycles. The second-order valence-electron chi connectivity index (χ2n) is 5.64. The van der Waals surface area contributed by atoms with Crippen LogP contribution in [0.1, 0.15) is 24.8 Å². The molecule has 1 aromatic heterocycles. The van der Waals surface area contributed by atoms with Crippen molar-refractivity contribution in [3.05, 3.63) is 41.7 Å². The monoisotopic (exact) mass is 344 g/mol. The second-order valence-corrected chi connectivity index (χ2v) is 8.08. The van der Waals surface area contributed by atoms with Crippen molar-refractivity contribution in [1.82, 2.24) is 9.29 Å². The Balaban J connectivity index is 1.95. The molecule has 2 heterocycles. The molecule has 122 valence electrons. The van der Waals surface area contributed by atoms with E-state index in [0.29, 0.717) is 43.9 Å². The molecule has 7 heteroatoms. The van der Waals surface area contributed by atoms with Crippen LogP contribution in [0.2, 0.25) is 5.15 Å². The average Bonchev–Trinajstić information content (AvgIpc) is 2.47. The molecular weight excluding hydrogens is 324 g/mol. The van der Waals surface area contributed by atoms with E-state index >= 15 is 0 Å². The van der Waals surface area contributed by atoms with Crippen LogP contribution >= 0.6 is 11.6 Å². The maximum atomic E-state index is 12.4. The van der Waals surface area contributed by atoms with Gasteiger partial charge in [-0.3, -0.25) is 0 Å². The highest BCUT2D eigenvalue weighted by atomic mass is 35.5. The molecule has 0 bridgehead atoms. The van der Waals surface area contributed by atoms with Crippen LogP contribution in [0.5, 0.6) is 0 Å². The molecule has 1 N–H and O–H groups in total. The van der Waals surface area contributed by atoms with Crippen molar-refractivity contribution >= 4 is 21.6 Å². The van der Waals surface area contributed by atoms with Crippen LogP contribution in [0.15, 0.2) is 31.0 Å². The summed E-state index contributed by atoms with van der Waals surface area (Å²) in [4.78, 5) is 3.95. The summed E-state index contributed by atoms with van der Waals surface area (Å²) in [5.41, 5.74) is -0.0895. The Labute approximate surface area is 136 Å². The van der Waals surface area contributed by atoms with E-state index in [0.717, 1.165) is 5.56 Å². The molecule has 0 unspecified atom stereocenters. The fraction of sp³-hybridized carbons (Fsp3) is 0.533. The third-order valence-corrected chi connectivity index (χ3v) is 6.25. The van der Waals surface area contributed by atoms with Gasteiger partial charge in [-0.1, -0.05) is 23.7 Å². The number of hydrogen-bond acceptors (Lipinski definition) is 4. The molecule has 1 aromatic rings. The molecule has 0 aliphatic carbocycles. The van der Waals surface area contributed by atoms with Gasteiger partial charge in [-0.2, -0.15) is 0 Å². The number of rotatable bonds is 6. The molecule has 2 rings (SSSR count). The Morgan fingerprint density at radius 3 is 2.73 bits per heavy atom. The summed E-state index contributed by atoms with van der Waals surface area (Å²) in [6.45, 7) is 4.31. The van der Waals surface area contributed by atoms with Crippen molar-refractivity contribution < 1.29 is 13.5 Å². The van der Waals surface area contributed by atoms with E-state index in [9.17, 15) is 13.5 Å². The predicted octanol–water partition coefficient (Wildman–Crippen LogP) is 2.01. The Kier molecular flexibility index (Phi) is 5.60. The lowest BCUT2D eigenvalue weighted by Crippen LogP contribution is -2.47. The van der Waals surface area contributed by atoms with Crippen molar-refractivity contribution in [2.45, 2.75) is 31.3 Å². The quantitative estimate of drug-likeness (QED) is 0.633. The number of halogens is 1. The van der Waals surface area contributed by atoms with E-state index in [-0.39, 0.29) is 5.75 Å².